The maximum Gasteiger partial charge on any atom is 0.341 e. The SMILES string of the molecule is CCOC(=O)c1cnc2ccc(C(=O)N(C)C)cc2c1Nc1ccc(OC)cc1. The minimum Gasteiger partial charge on any atom is -0.497 e. The minimum absolute atomic E-state index is 0.135. The van der Waals surface area contributed by atoms with Gasteiger partial charge < -0.3 is 19.7 Å². The van der Waals surface area contributed by atoms with Gasteiger partial charge in [0.1, 0.15) is 11.3 Å². The summed E-state index contributed by atoms with van der Waals surface area (Å²) in [5.41, 5.74) is 2.75. The van der Waals surface area contributed by atoms with Gasteiger partial charge in [-0.15, -0.1) is 0 Å². The summed E-state index contributed by atoms with van der Waals surface area (Å²) in [5, 5.41) is 3.93. The lowest BCUT2D eigenvalue weighted by molar-refractivity contribution is 0.0527. The molecule has 1 amide bonds. The van der Waals surface area contributed by atoms with E-state index in [1.54, 1.807) is 46.3 Å². The second kappa shape index (κ2) is 8.60. The first kappa shape index (κ1) is 20.1. The van der Waals surface area contributed by atoms with Crippen LogP contribution >= 0.6 is 0 Å². The van der Waals surface area contributed by atoms with Crippen LogP contribution in [0.5, 0.6) is 5.75 Å². The lowest BCUT2D eigenvalue weighted by Crippen LogP contribution is -2.21. The average molecular weight is 393 g/mol. The molecule has 0 bridgehead atoms. The van der Waals surface area contributed by atoms with Gasteiger partial charge in [0.15, 0.2) is 0 Å². The highest BCUT2D eigenvalue weighted by molar-refractivity contribution is 6.08. The molecule has 0 radical (unpaired) electrons. The van der Waals surface area contributed by atoms with Gasteiger partial charge in [-0.25, -0.2) is 4.79 Å². The van der Waals surface area contributed by atoms with E-state index in [9.17, 15) is 9.59 Å². The summed E-state index contributed by atoms with van der Waals surface area (Å²) >= 11 is 0. The van der Waals surface area contributed by atoms with Crippen LogP contribution in [0.3, 0.4) is 0 Å². The third-order valence-corrected chi connectivity index (χ3v) is 4.38. The van der Waals surface area contributed by atoms with Crippen LogP contribution in [0, 0.1) is 0 Å². The number of carbonyl (C=O) groups excluding carboxylic acids is 2. The van der Waals surface area contributed by atoms with Crippen molar-refractivity contribution in [1.29, 1.82) is 0 Å². The smallest absolute Gasteiger partial charge is 0.341 e. The first-order chi connectivity index (χ1) is 13.9. The number of anilines is 2. The number of hydrogen-bond donors (Lipinski definition) is 1. The summed E-state index contributed by atoms with van der Waals surface area (Å²) in [5.74, 6) is 0.103. The molecule has 29 heavy (non-hydrogen) atoms. The number of amides is 1. The Labute approximate surface area is 169 Å². The molecule has 0 saturated heterocycles. The van der Waals surface area contributed by atoms with Crippen molar-refractivity contribution in [2.45, 2.75) is 6.92 Å². The molecule has 7 nitrogen and oxygen atoms in total. The van der Waals surface area contributed by atoms with Gasteiger partial charge >= 0.3 is 5.97 Å². The van der Waals surface area contributed by atoms with Crippen molar-refractivity contribution in [3.63, 3.8) is 0 Å². The number of methoxy groups -OCH3 is 1. The van der Waals surface area contributed by atoms with Crippen LogP contribution in [0.15, 0.2) is 48.7 Å². The molecule has 3 aromatic rings. The lowest BCUT2D eigenvalue weighted by Gasteiger charge is -2.16. The first-order valence-corrected chi connectivity index (χ1v) is 9.17. The predicted molar refractivity (Wildman–Crippen MR) is 112 cm³/mol. The molecule has 1 aromatic heterocycles. The van der Waals surface area contributed by atoms with Gasteiger partial charge in [-0.2, -0.15) is 0 Å². The van der Waals surface area contributed by atoms with Gasteiger partial charge in [-0.3, -0.25) is 9.78 Å². The molecule has 150 valence electrons. The van der Waals surface area contributed by atoms with Crippen molar-refractivity contribution >= 4 is 34.2 Å². The van der Waals surface area contributed by atoms with Crippen LogP contribution in [0.1, 0.15) is 27.6 Å². The zero-order valence-corrected chi connectivity index (χ0v) is 16.9. The topological polar surface area (TPSA) is 80.8 Å². The van der Waals surface area contributed by atoms with Crippen LogP contribution in [0.2, 0.25) is 0 Å². The molecule has 0 spiro atoms. The average Bonchev–Trinajstić information content (AvgIpc) is 2.73. The Hall–Kier alpha value is -3.61. The normalized spacial score (nSPS) is 10.5. The summed E-state index contributed by atoms with van der Waals surface area (Å²) < 4.78 is 10.4. The Bertz CT molecular complexity index is 1050. The molecule has 1 N–H and O–H groups in total. The van der Waals surface area contributed by atoms with Crippen molar-refractivity contribution in [3.05, 3.63) is 59.8 Å². The highest BCUT2D eigenvalue weighted by atomic mass is 16.5. The Morgan fingerprint density at radius 1 is 1.10 bits per heavy atom. The fourth-order valence-electron chi connectivity index (χ4n) is 2.90. The second-order valence-corrected chi connectivity index (χ2v) is 6.55. The van der Waals surface area contributed by atoms with Gasteiger partial charge in [-0.1, -0.05) is 0 Å². The predicted octanol–water partition coefficient (Wildman–Crippen LogP) is 3.87. The standard InChI is InChI=1S/C22H23N3O4/c1-5-29-22(27)18-13-23-19-11-6-14(21(26)25(2)3)12-17(19)20(18)24-15-7-9-16(28-4)10-8-15/h6-13H,5H2,1-4H3,(H,23,24). The number of carbonyl (C=O) groups is 2. The highest BCUT2D eigenvalue weighted by Gasteiger charge is 2.19. The molecule has 0 aliphatic carbocycles. The molecular formula is C22H23N3O4. The fraction of sp³-hybridized carbons (Fsp3) is 0.227. The maximum atomic E-state index is 12.5. The van der Waals surface area contributed by atoms with Crippen LogP contribution in [0.25, 0.3) is 10.9 Å². The monoisotopic (exact) mass is 393 g/mol. The van der Waals surface area contributed by atoms with E-state index in [-0.39, 0.29) is 12.5 Å². The van der Waals surface area contributed by atoms with Gasteiger partial charge in [-0.05, 0) is 49.4 Å². The molecule has 1 heterocycles. The van der Waals surface area contributed by atoms with Gasteiger partial charge in [0.2, 0.25) is 0 Å². The Balaban J connectivity index is 2.16. The number of esters is 1. The number of aromatic nitrogens is 1. The highest BCUT2D eigenvalue weighted by Crippen LogP contribution is 2.31. The molecule has 0 fully saturated rings. The first-order valence-electron chi connectivity index (χ1n) is 9.17. The summed E-state index contributed by atoms with van der Waals surface area (Å²) in [6.07, 6.45) is 1.49. The maximum absolute atomic E-state index is 12.5. The van der Waals surface area contributed by atoms with E-state index in [0.29, 0.717) is 27.7 Å². The third-order valence-electron chi connectivity index (χ3n) is 4.38. The van der Waals surface area contributed by atoms with Crippen molar-refractivity contribution in [2.75, 3.05) is 33.1 Å². The second-order valence-electron chi connectivity index (χ2n) is 6.55. The van der Waals surface area contributed by atoms with E-state index in [4.69, 9.17) is 9.47 Å². The minimum atomic E-state index is -0.484. The quantitative estimate of drug-likeness (QED) is 0.641. The van der Waals surface area contributed by atoms with Crippen molar-refractivity contribution in [2.24, 2.45) is 0 Å². The lowest BCUT2D eigenvalue weighted by atomic mass is 10.0. The largest absolute Gasteiger partial charge is 0.497 e. The molecule has 0 atom stereocenters. The van der Waals surface area contributed by atoms with Crippen molar-refractivity contribution in [3.8, 4) is 5.75 Å². The van der Waals surface area contributed by atoms with Crippen LogP contribution < -0.4 is 10.1 Å². The molecular weight excluding hydrogens is 370 g/mol. The third kappa shape index (κ3) is 4.29. The van der Waals surface area contributed by atoms with E-state index in [1.807, 2.05) is 24.3 Å². The number of nitrogens with zero attached hydrogens (tertiary/aromatic N) is 2. The van der Waals surface area contributed by atoms with E-state index >= 15 is 0 Å². The van der Waals surface area contributed by atoms with Gasteiger partial charge in [0.25, 0.3) is 5.91 Å². The van der Waals surface area contributed by atoms with Gasteiger partial charge in [0, 0.05) is 36.9 Å². The number of benzene rings is 2. The molecule has 0 unspecified atom stereocenters. The number of ether oxygens (including phenoxy) is 2. The summed E-state index contributed by atoms with van der Waals surface area (Å²) in [6, 6.07) is 12.5. The molecule has 0 aliphatic heterocycles. The van der Waals surface area contributed by atoms with Crippen molar-refractivity contribution < 1.29 is 19.1 Å². The Morgan fingerprint density at radius 3 is 2.45 bits per heavy atom. The number of hydrogen-bond acceptors (Lipinski definition) is 6. The number of pyridine rings is 1. The van der Waals surface area contributed by atoms with Crippen LogP contribution in [-0.2, 0) is 4.74 Å². The van der Waals surface area contributed by atoms with Crippen molar-refractivity contribution in [1.82, 2.24) is 9.88 Å². The molecule has 2 aromatic carbocycles. The number of rotatable bonds is 6. The summed E-state index contributed by atoms with van der Waals surface area (Å²) in [6.45, 7) is 1.99. The molecule has 3 rings (SSSR count). The van der Waals surface area contributed by atoms with E-state index in [0.717, 1.165) is 11.4 Å². The number of fused-ring (bicyclic) bond motifs is 1. The number of nitrogens with one attached hydrogen (secondary N) is 1. The molecule has 7 heteroatoms. The fourth-order valence-corrected chi connectivity index (χ4v) is 2.90. The Morgan fingerprint density at radius 2 is 1.83 bits per heavy atom. The van der Waals surface area contributed by atoms with E-state index in [2.05, 4.69) is 10.3 Å². The van der Waals surface area contributed by atoms with Gasteiger partial charge in [0.05, 0.1) is 24.9 Å². The zero-order valence-electron chi connectivity index (χ0n) is 16.9. The van der Waals surface area contributed by atoms with E-state index < -0.39 is 5.97 Å². The van der Waals surface area contributed by atoms with E-state index in [1.165, 1.54) is 11.1 Å². The zero-order chi connectivity index (χ0) is 21.0. The Kier molecular flexibility index (Phi) is 5.97. The molecule has 0 aliphatic rings. The summed E-state index contributed by atoms with van der Waals surface area (Å²) in [4.78, 5) is 30.8. The van der Waals surface area contributed by atoms with Crippen LogP contribution in [-0.4, -0.2) is 49.6 Å². The summed E-state index contributed by atoms with van der Waals surface area (Å²) in [7, 11) is 4.98. The molecule has 0 saturated carbocycles. The van der Waals surface area contributed by atoms with Crippen LogP contribution in [0.4, 0.5) is 11.4 Å².